The van der Waals surface area contributed by atoms with Gasteiger partial charge in [0.15, 0.2) is 0 Å². The van der Waals surface area contributed by atoms with E-state index < -0.39 is 6.43 Å². The summed E-state index contributed by atoms with van der Waals surface area (Å²) in [5, 5.41) is 0. The van der Waals surface area contributed by atoms with Crippen LogP contribution in [0.2, 0.25) is 0 Å². The molecule has 1 saturated carbocycles. The highest BCUT2D eigenvalue weighted by atomic mass is 19.3. The van der Waals surface area contributed by atoms with Crippen molar-refractivity contribution < 1.29 is 8.78 Å². The highest BCUT2D eigenvalue weighted by Gasteiger charge is 2.49. The minimum atomic E-state index is -2.09. The average Bonchev–Trinajstić information content (AvgIpc) is 2.13. The van der Waals surface area contributed by atoms with Gasteiger partial charge in [-0.15, -0.1) is 0 Å². The Balaban J connectivity index is 1.89. The molecule has 0 aromatic rings. The molecule has 1 aliphatic heterocycles. The van der Waals surface area contributed by atoms with Crippen LogP contribution >= 0.6 is 0 Å². The Bertz CT molecular complexity index is 222. The van der Waals surface area contributed by atoms with E-state index in [-0.39, 0.29) is 11.3 Å². The van der Waals surface area contributed by atoms with Crippen molar-refractivity contribution in [2.75, 3.05) is 13.1 Å². The minimum Gasteiger partial charge on any atom is -0.300 e. The standard InChI is InChI=1S/C12H21F2N/c1-9(2)15-5-3-4-12(8-15)6-10(7-12)11(13)14/h9-11H,3-8H2,1-2H3. The molecule has 0 amide bonds. The summed E-state index contributed by atoms with van der Waals surface area (Å²) in [6, 6.07) is 0.563. The maximum atomic E-state index is 12.5. The SMILES string of the molecule is CC(C)N1CCCC2(CC(C(F)F)C2)C1. The Morgan fingerprint density at radius 3 is 2.47 bits per heavy atom. The zero-order chi connectivity index (χ0) is 11.1. The van der Waals surface area contributed by atoms with Gasteiger partial charge in [-0.25, -0.2) is 8.78 Å². The molecule has 2 rings (SSSR count). The quantitative estimate of drug-likeness (QED) is 0.686. The first-order chi connectivity index (χ1) is 7.02. The number of hydrogen-bond donors (Lipinski definition) is 0. The van der Waals surface area contributed by atoms with E-state index in [4.69, 9.17) is 0 Å². The normalized spacial score (nSPS) is 37.6. The Labute approximate surface area is 90.8 Å². The van der Waals surface area contributed by atoms with Crippen LogP contribution in [0.5, 0.6) is 0 Å². The smallest absolute Gasteiger partial charge is 0.241 e. The van der Waals surface area contributed by atoms with Gasteiger partial charge in [0.1, 0.15) is 0 Å². The number of rotatable bonds is 2. The summed E-state index contributed by atoms with van der Waals surface area (Å²) in [5.41, 5.74) is 0.254. The lowest BCUT2D eigenvalue weighted by Crippen LogP contribution is -2.53. The van der Waals surface area contributed by atoms with Crippen LogP contribution in [-0.4, -0.2) is 30.5 Å². The lowest BCUT2D eigenvalue weighted by molar-refractivity contribution is -0.0901. The molecule has 2 aliphatic rings. The van der Waals surface area contributed by atoms with E-state index in [0.29, 0.717) is 6.04 Å². The van der Waals surface area contributed by atoms with Crippen LogP contribution in [0, 0.1) is 11.3 Å². The monoisotopic (exact) mass is 217 g/mol. The zero-order valence-corrected chi connectivity index (χ0v) is 9.68. The first-order valence-electron chi connectivity index (χ1n) is 6.05. The third kappa shape index (κ3) is 2.17. The molecule has 0 bridgehead atoms. The molecule has 3 heteroatoms. The van der Waals surface area contributed by atoms with Crippen LogP contribution < -0.4 is 0 Å². The molecule has 0 radical (unpaired) electrons. The van der Waals surface area contributed by atoms with Crippen LogP contribution in [0.15, 0.2) is 0 Å². The number of likely N-dealkylation sites (tertiary alicyclic amines) is 1. The van der Waals surface area contributed by atoms with E-state index in [0.717, 1.165) is 25.9 Å². The summed E-state index contributed by atoms with van der Waals surface area (Å²) in [6.07, 6.45) is 1.78. The highest BCUT2D eigenvalue weighted by Crippen LogP contribution is 2.53. The fourth-order valence-electron chi connectivity index (χ4n) is 3.25. The van der Waals surface area contributed by atoms with Crippen LogP contribution in [-0.2, 0) is 0 Å². The predicted octanol–water partition coefficient (Wildman–Crippen LogP) is 3.15. The molecule has 0 aromatic heterocycles. The largest absolute Gasteiger partial charge is 0.300 e. The van der Waals surface area contributed by atoms with E-state index in [9.17, 15) is 8.78 Å². The summed E-state index contributed by atoms with van der Waals surface area (Å²) in [5.74, 6) is -0.308. The fraction of sp³-hybridized carbons (Fsp3) is 1.00. The maximum absolute atomic E-state index is 12.5. The van der Waals surface area contributed by atoms with Crippen molar-refractivity contribution in [2.24, 2.45) is 11.3 Å². The van der Waals surface area contributed by atoms with Crippen LogP contribution in [0.25, 0.3) is 0 Å². The van der Waals surface area contributed by atoms with Gasteiger partial charge in [0.05, 0.1) is 0 Å². The van der Waals surface area contributed by atoms with E-state index >= 15 is 0 Å². The van der Waals surface area contributed by atoms with Gasteiger partial charge in [0, 0.05) is 18.5 Å². The first-order valence-corrected chi connectivity index (χ1v) is 6.05. The molecule has 1 aliphatic carbocycles. The Kier molecular flexibility index (Phi) is 3.02. The van der Waals surface area contributed by atoms with Crippen molar-refractivity contribution in [3.05, 3.63) is 0 Å². The minimum absolute atomic E-state index is 0.254. The molecule has 1 saturated heterocycles. The van der Waals surface area contributed by atoms with E-state index in [1.807, 2.05) is 0 Å². The molecule has 0 atom stereocenters. The van der Waals surface area contributed by atoms with Crippen molar-refractivity contribution in [1.29, 1.82) is 0 Å². The maximum Gasteiger partial charge on any atom is 0.241 e. The van der Waals surface area contributed by atoms with Crippen molar-refractivity contribution in [2.45, 2.75) is 52.0 Å². The summed E-state index contributed by atoms with van der Waals surface area (Å²) in [6.45, 7) is 6.59. The van der Waals surface area contributed by atoms with Crippen LogP contribution in [0.1, 0.15) is 39.5 Å². The van der Waals surface area contributed by atoms with E-state index in [1.54, 1.807) is 0 Å². The van der Waals surface area contributed by atoms with Crippen LogP contribution in [0.4, 0.5) is 8.78 Å². The van der Waals surface area contributed by atoms with Crippen molar-refractivity contribution in [1.82, 2.24) is 4.90 Å². The lowest BCUT2D eigenvalue weighted by Gasteiger charge is -2.53. The van der Waals surface area contributed by atoms with Crippen molar-refractivity contribution in [3.63, 3.8) is 0 Å². The molecule has 1 nitrogen and oxygen atoms in total. The highest BCUT2D eigenvalue weighted by molar-refractivity contribution is 4.99. The van der Waals surface area contributed by atoms with Gasteiger partial charge >= 0.3 is 0 Å². The van der Waals surface area contributed by atoms with Crippen LogP contribution in [0.3, 0.4) is 0 Å². The van der Waals surface area contributed by atoms with Gasteiger partial charge in [-0.05, 0) is 51.5 Å². The van der Waals surface area contributed by atoms with Crippen molar-refractivity contribution >= 4 is 0 Å². The molecule has 1 heterocycles. The molecule has 0 aromatic carbocycles. The third-order valence-corrected chi connectivity index (χ3v) is 4.17. The fourth-order valence-corrected chi connectivity index (χ4v) is 3.25. The summed E-state index contributed by atoms with van der Waals surface area (Å²) in [7, 11) is 0. The molecule has 15 heavy (non-hydrogen) atoms. The molecule has 0 unspecified atom stereocenters. The van der Waals surface area contributed by atoms with E-state index in [1.165, 1.54) is 12.8 Å². The second kappa shape index (κ2) is 4.00. The summed E-state index contributed by atoms with van der Waals surface area (Å²) >= 11 is 0. The van der Waals surface area contributed by atoms with Gasteiger partial charge in [0.2, 0.25) is 6.43 Å². The summed E-state index contributed by atoms with van der Waals surface area (Å²) < 4.78 is 24.9. The number of hydrogen-bond acceptors (Lipinski definition) is 1. The Morgan fingerprint density at radius 2 is 1.93 bits per heavy atom. The number of nitrogens with zero attached hydrogens (tertiary/aromatic N) is 1. The molecular weight excluding hydrogens is 196 g/mol. The topological polar surface area (TPSA) is 3.24 Å². The number of piperidine rings is 1. The lowest BCUT2D eigenvalue weighted by atomic mass is 9.58. The second-order valence-corrected chi connectivity index (χ2v) is 5.67. The molecule has 2 fully saturated rings. The summed E-state index contributed by atoms with van der Waals surface area (Å²) in [4.78, 5) is 2.45. The predicted molar refractivity (Wildman–Crippen MR) is 57.1 cm³/mol. The van der Waals surface area contributed by atoms with Gasteiger partial charge in [-0.1, -0.05) is 0 Å². The Hall–Kier alpha value is -0.180. The third-order valence-electron chi connectivity index (χ3n) is 4.17. The first kappa shape index (κ1) is 11.3. The zero-order valence-electron chi connectivity index (χ0n) is 9.68. The second-order valence-electron chi connectivity index (χ2n) is 5.67. The molecule has 1 spiro atoms. The molecular formula is C12H21F2N. The van der Waals surface area contributed by atoms with Gasteiger partial charge in [-0.3, -0.25) is 0 Å². The average molecular weight is 217 g/mol. The van der Waals surface area contributed by atoms with Crippen molar-refractivity contribution in [3.8, 4) is 0 Å². The van der Waals surface area contributed by atoms with E-state index in [2.05, 4.69) is 18.7 Å². The molecule has 0 N–H and O–H groups in total. The van der Waals surface area contributed by atoms with Gasteiger partial charge < -0.3 is 4.90 Å². The number of alkyl halides is 2. The molecule has 88 valence electrons. The van der Waals surface area contributed by atoms with Gasteiger partial charge in [0.25, 0.3) is 0 Å². The van der Waals surface area contributed by atoms with Gasteiger partial charge in [-0.2, -0.15) is 0 Å². The number of halogens is 2. The Morgan fingerprint density at radius 1 is 1.27 bits per heavy atom.